The number of benzene rings is 1. The second kappa shape index (κ2) is 5.87. The Morgan fingerprint density at radius 3 is 2.12 bits per heavy atom. The van der Waals surface area contributed by atoms with Crippen LogP contribution in [0.25, 0.3) is 0 Å². The molecule has 0 aliphatic heterocycles. The van der Waals surface area contributed by atoms with Crippen LogP contribution in [-0.2, 0) is 20.2 Å². The predicted octanol–water partition coefficient (Wildman–Crippen LogP) is 0.277. The van der Waals surface area contributed by atoms with Gasteiger partial charge in [0.2, 0.25) is 0 Å². The predicted molar refractivity (Wildman–Crippen MR) is 63.9 cm³/mol. The second-order valence-electron chi connectivity index (χ2n) is 2.85. The Bertz CT molecular complexity index is 609. The van der Waals surface area contributed by atoms with Crippen molar-refractivity contribution in [3.63, 3.8) is 0 Å². The van der Waals surface area contributed by atoms with Crippen molar-refractivity contribution >= 4 is 61.4 Å². The van der Waals surface area contributed by atoms with E-state index in [-0.39, 0.29) is 40.3 Å². The summed E-state index contributed by atoms with van der Waals surface area (Å²) in [6.45, 7) is 0. The van der Waals surface area contributed by atoms with Gasteiger partial charge in [-0.1, -0.05) is 11.6 Å². The van der Waals surface area contributed by atoms with E-state index in [1.54, 1.807) is 0 Å². The second-order valence-corrected chi connectivity index (χ2v) is 6.26. The molecule has 0 fully saturated rings. The fraction of sp³-hybridized carbons (Fsp3) is 0.143. The molecule has 0 unspecified atom stereocenters. The molecule has 1 N–H and O–H groups in total. The molecule has 0 aliphatic carbocycles. The number of halogens is 1. The Kier molecular flexibility index (Phi) is 5.93. The van der Waals surface area contributed by atoms with Crippen LogP contribution in [0.2, 0.25) is 5.02 Å². The molecule has 0 saturated carbocycles. The van der Waals surface area contributed by atoms with Crippen LogP contribution in [0.3, 0.4) is 0 Å². The average Bonchev–Trinajstić information content (AvgIpc) is 2.04. The van der Waals surface area contributed by atoms with Gasteiger partial charge >= 0.3 is 39.7 Å². The topological polar surface area (TPSA) is 97.7 Å². The quantitative estimate of drug-likeness (QED) is 0.489. The van der Waals surface area contributed by atoms with Gasteiger partial charge < -0.3 is 4.18 Å². The van der Waals surface area contributed by atoms with E-state index < -0.39 is 25.1 Å². The van der Waals surface area contributed by atoms with E-state index in [1.807, 2.05) is 0 Å². The molecule has 0 radical (unpaired) electrons. The zero-order chi connectivity index (χ0) is 12.6. The Hall–Kier alpha value is 0.170. The molecule has 10 heteroatoms. The van der Waals surface area contributed by atoms with Crippen LogP contribution >= 0.6 is 11.6 Å². The molecule has 0 spiro atoms. The molecular weight excluding hydrogens is 303 g/mol. The van der Waals surface area contributed by atoms with Crippen LogP contribution in [0.5, 0.6) is 5.75 Å². The summed E-state index contributed by atoms with van der Waals surface area (Å²) >= 11 is 5.58. The van der Waals surface area contributed by atoms with E-state index >= 15 is 0 Å². The van der Waals surface area contributed by atoms with E-state index in [9.17, 15) is 16.8 Å². The summed E-state index contributed by atoms with van der Waals surface area (Å²) in [5, 5.41) is -0.236. The van der Waals surface area contributed by atoms with Gasteiger partial charge in [0, 0.05) is 0 Å². The van der Waals surface area contributed by atoms with Crippen LogP contribution in [0.4, 0.5) is 0 Å². The van der Waals surface area contributed by atoms with Gasteiger partial charge in [0.05, 0.1) is 16.2 Å². The van der Waals surface area contributed by atoms with Crippen molar-refractivity contribution in [3.05, 3.63) is 23.2 Å². The summed E-state index contributed by atoms with van der Waals surface area (Å²) in [6.07, 6.45) is 0.819. The normalized spacial score (nSPS) is 11.7. The van der Waals surface area contributed by atoms with Gasteiger partial charge in [0.25, 0.3) is 10.1 Å². The molecule has 0 heterocycles. The first-order valence-corrected chi connectivity index (χ1v) is 7.39. The first-order chi connectivity index (χ1) is 7.09. The van der Waals surface area contributed by atoms with Crippen LogP contribution in [0, 0.1) is 0 Å². The molecule has 1 aromatic rings. The number of rotatable bonds is 3. The molecule has 0 saturated heterocycles. The van der Waals surface area contributed by atoms with Crippen molar-refractivity contribution in [2.24, 2.45) is 0 Å². The average molecular weight is 311 g/mol. The van der Waals surface area contributed by atoms with Gasteiger partial charge in [0.15, 0.2) is 5.75 Å². The maximum atomic E-state index is 10.8. The molecule has 17 heavy (non-hydrogen) atoms. The van der Waals surface area contributed by atoms with Crippen molar-refractivity contribution in [3.8, 4) is 5.75 Å². The van der Waals surface area contributed by atoms with Crippen molar-refractivity contribution < 1.29 is 25.6 Å². The molecule has 92 valence electrons. The fourth-order valence-electron chi connectivity index (χ4n) is 0.873. The summed E-state index contributed by atoms with van der Waals surface area (Å²) in [6, 6.07) is 2.89. The van der Waals surface area contributed by atoms with Gasteiger partial charge in [-0.05, 0) is 18.2 Å². The summed E-state index contributed by atoms with van der Waals surface area (Å²) in [4.78, 5) is -0.446. The molecule has 0 atom stereocenters. The van der Waals surface area contributed by atoms with Gasteiger partial charge in [-0.2, -0.15) is 16.8 Å². The first kappa shape index (κ1) is 17.2. The van der Waals surface area contributed by atoms with Crippen LogP contribution in [0.1, 0.15) is 0 Å². The third-order valence-electron chi connectivity index (χ3n) is 1.44. The number of hydrogen-bond acceptors (Lipinski definition) is 5. The molecule has 0 aliphatic rings. The molecule has 0 aromatic heterocycles. The van der Waals surface area contributed by atoms with Crippen LogP contribution in [0.15, 0.2) is 23.1 Å². The van der Waals surface area contributed by atoms with E-state index in [0.29, 0.717) is 0 Å². The van der Waals surface area contributed by atoms with Crippen LogP contribution in [-0.4, -0.2) is 57.2 Å². The van der Waals surface area contributed by atoms with Crippen molar-refractivity contribution in [2.45, 2.75) is 4.90 Å². The van der Waals surface area contributed by atoms with Gasteiger partial charge in [-0.15, -0.1) is 0 Å². The van der Waals surface area contributed by atoms with Gasteiger partial charge in [-0.3, -0.25) is 4.55 Å². The van der Waals surface area contributed by atoms with Gasteiger partial charge in [-0.25, -0.2) is 0 Å². The third kappa shape index (κ3) is 5.56. The van der Waals surface area contributed by atoms with Crippen molar-refractivity contribution in [2.75, 3.05) is 6.26 Å². The minimum atomic E-state index is -4.38. The maximum absolute atomic E-state index is 10.8. The zero-order valence-electron chi connectivity index (χ0n) is 7.91. The SMILES string of the molecule is CS(=O)(=O)Oc1ccc(S(=O)(=O)O)cc1Cl.[NaH]. The number of hydrogen-bond donors (Lipinski definition) is 1. The summed E-state index contributed by atoms with van der Waals surface area (Å²) < 4.78 is 56.2. The Balaban J connectivity index is 0.00000256. The molecule has 0 bridgehead atoms. The molecule has 6 nitrogen and oxygen atoms in total. The van der Waals surface area contributed by atoms with E-state index in [0.717, 1.165) is 24.5 Å². The summed E-state index contributed by atoms with van der Waals surface area (Å²) in [7, 11) is -8.12. The van der Waals surface area contributed by atoms with E-state index in [4.69, 9.17) is 16.2 Å². The molecule has 0 amide bonds. The Morgan fingerprint density at radius 2 is 1.76 bits per heavy atom. The van der Waals surface area contributed by atoms with Crippen LogP contribution < -0.4 is 4.18 Å². The fourth-order valence-corrected chi connectivity index (χ4v) is 2.18. The van der Waals surface area contributed by atoms with Crippen molar-refractivity contribution in [1.29, 1.82) is 0 Å². The zero-order valence-corrected chi connectivity index (χ0v) is 10.3. The summed E-state index contributed by atoms with van der Waals surface area (Å²) in [5.74, 6) is -0.212. The minimum absolute atomic E-state index is 0. The molecule has 1 rings (SSSR count). The van der Waals surface area contributed by atoms with E-state index in [2.05, 4.69) is 4.18 Å². The molecular formula is C7H8ClNaO6S2. The van der Waals surface area contributed by atoms with Gasteiger partial charge in [0.1, 0.15) is 0 Å². The third-order valence-corrected chi connectivity index (χ3v) is 3.07. The standard InChI is InChI=1S/C7H7ClO6S2.Na.H/c1-15(9,10)14-7-3-2-5(4-6(7)8)16(11,12)13;;/h2-4H,1H3,(H,11,12,13);;. The Morgan fingerprint density at radius 1 is 1.24 bits per heavy atom. The van der Waals surface area contributed by atoms with E-state index in [1.165, 1.54) is 0 Å². The Labute approximate surface area is 126 Å². The van der Waals surface area contributed by atoms with Crippen molar-refractivity contribution in [1.82, 2.24) is 0 Å². The monoisotopic (exact) mass is 310 g/mol. The molecule has 1 aromatic carbocycles. The first-order valence-electron chi connectivity index (χ1n) is 3.76. The summed E-state index contributed by atoms with van der Waals surface area (Å²) in [5.41, 5.74) is 0.